The zero-order valence-corrected chi connectivity index (χ0v) is 8.06. The summed E-state index contributed by atoms with van der Waals surface area (Å²) in [7, 11) is 0. The van der Waals surface area contributed by atoms with Crippen LogP contribution in [0, 0.1) is 0 Å². The van der Waals surface area contributed by atoms with Gasteiger partial charge in [-0.1, -0.05) is 0 Å². The summed E-state index contributed by atoms with van der Waals surface area (Å²) in [6.07, 6.45) is 0. The molecule has 0 saturated heterocycles. The average molecular weight is 207 g/mol. The molecule has 0 saturated carbocycles. The monoisotopic (exact) mass is 207 g/mol. The Hall–Kier alpha value is -2.04. The van der Waals surface area contributed by atoms with E-state index in [-0.39, 0.29) is 5.56 Å². The zero-order valence-electron chi connectivity index (χ0n) is 8.06. The minimum atomic E-state index is -1.02. The van der Waals surface area contributed by atoms with Gasteiger partial charge in [0.25, 0.3) is 0 Å². The number of carbonyl (C=O) groups is 1. The number of nitrogens with zero attached hydrogens (tertiary/aromatic N) is 1. The molecule has 1 heterocycles. The topological polar surface area (TPSA) is 72.4 Å². The smallest absolute Gasteiger partial charge is 0.419 e. The van der Waals surface area contributed by atoms with Crippen LogP contribution in [0.2, 0.25) is 0 Å². The molecule has 1 N–H and O–H groups in total. The maximum absolute atomic E-state index is 11.3. The molecule has 0 aliphatic carbocycles. The number of carboxylic acids is 1. The molecule has 1 aromatic carbocycles. The van der Waals surface area contributed by atoms with Crippen molar-refractivity contribution in [1.29, 1.82) is 0 Å². The molecule has 0 spiro atoms. The van der Waals surface area contributed by atoms with E-state index in [1.807, 2.05) is 0 Å². The molecule has 0 aliphatic rings. The van der Waals surface area contributed by atoms with Crippen molar-refractivity contribution in [3.05, 3.63) is 34.3 Å². The van der Waals surface area contributed by atoms with Gasteiger partial charge in [0.2, 0.25) is 0 Å². The minimum Gasteiger partial charge on any atom is -0.478 e. The number of rotatable bonds is 2. The fourth-order valence-corrected chi connectivity index (χ4v) is 1.49. The van der Waals surface area contributed by atoms with E-state index in [9.17, 15) is 9.59 Å². The summed E-state index contributed by atoms with van der Waals surface area (Å²) in [5.74, 6) is -1.48. The second-order valence-corrected chi connectivity index (χ2v) is 3.10. The third kappa shape index (κ3) is 1.41. The van der Waals surface area contributed by atoms with Crippen molar-refractivity contribution in [3.8, 4) is 0 Å². The predicted octanol–water partition coefficient (Wildman–Crippen LogP) is 1.31. The van der Waals surface area contributed by atoms with Crippen molar-refractivity contribution in [2.45, 2.75) is 13.5 Å². The van der Waals surface area contributed by atoms with Gasteiger partial charge in [0.1, 0.15) is 0 Å². The van der Waals surface area contributed by atoms with E-state index < -0.39 is 11.7 Å². The maximum Gasteiger partial charge on any atom is 0.419 e. The van der Waals surface area contributed by atoms with Gasteiger partial charge in [-0.2, -0.15) is 0 Å². The highest BCUT2D eigenvalue weighted by molar-refractivity contribution is 5.91. The number of aryl methyl sites for hydroxylation is 1. The Balaban J connectivity index is 2.79. The number of fused-ring (bicyclic) bond motifs is 1. The number of aromatic nitrogens is 1. The Morgan fingerprint density at radius 3 is 2.87 bits per heavy atom. The van der Waals surface area contributed by atoms with Crippen molar-refractivity contribution in [2.75, 3.05) is 0 Å². The van der Waals surface area contributed by atoms with Crippen LogP contribution in [0.15, 0.2) is 27.4 Å². The van der Waals surface area contributed by atoms with Crippen LogP contribution in [0.3, 0.4) is 0 Å². The van der Waals surface area contributed by atoms with Crippen molar-refractivity contribution in [3.63, 3.8) is 0 Å². The van der Waals surface area contributed by atoms with Gasteiger partial charge in [-0.15, -0.1) is 0 Å². The molecule has 5 nitrogen and oxygen atoms in total. The molecule has 1 aromatic heterocycles. The second-order valence-electron chi connectivity index (χ2n) is 3.10. The van der Waals surface area contributed by atoms with Gasteiger partial charge in [0, 0.05) is 6.54 Å². The van der Waals surface area contributed by atoms with Crippen LogP contribution in [0.25, 0.3) is 11.1 Å². The molecule has 15 heavy (non-hydrogen) atoms. The lowest BCUT2D eigenvalue weighted by atomic mass is 10.2. The number of oxazole rings is 1. The molecule has 2 aromatic rings. The first kappa shape index (κ1) is 9.51. The third-order valence-electron chi connectivity index (χ3n) is 2.23. The molecule has 0 bridgehead atoms. The Morgan fingerprint density at radius 1 is 1.53 bits per heavy atom. The van der Waals surface area contributed by atoms with E-state index in [2.05, 4.69) is 0 Å². The molecule has 78 valence electrons. The molecular weight excluding hydrogens is 198 g/mol. The third-order valence-corrected chi connectivity index (χ3v) is 2.23. The number of hydrogen-bond acceptors (Lipinski definition) is 3. The fraction of sp³-hybridized carbons (Fsp3) is 0.200. The van der Waals surface area contributed by atoms with E-state index in [0.717, 1.165) is 0 Å². The summed E-state index contributed by atoms with van der Waals surface area (Å²) in [5, 5.41) is 8.80. The first-order chi connectivity index (χ1) is 7.13. The molecule has 0 aliphatic heterocycles. The molecule has 0 radical (unpaired) electrons. The van der Waals surface area contributed by atoms with Crippen LogP contribution in [-0.4, -0.2) is 15.6 Å². The van der Waals surface area contributed by atoms with E-state index in [0.29, 0.717) is 17.6 Å². The zero-order chi connectivity index (χ0) is 11.0. The highest BCUT2D eigenvalue weighted by atomic mass is 16.4. The molecular formula is C10H9NO4. The quantitative estimate of drug-likeness (QED) is 0.805. The first-order valence-electron chi connectivity index (χ1n) is 4.50. The van der Waals surface area contributed by atoms with Crippen LogP contribution >= 0.6 is 0 Å². The van der Waals surface area contributed by atoms with Gasteiger partial charge in [-0.25, -0.2) is 9.59 Å². The van der Waals surface area contributed by atoms with Gasteiger partial charge in [-0.05, 0) is 25.1 Å². The second kappa shape index (κ2) is 3.27. The largest absolute Gasteiger partial charge is 0.478 e. The number of carboxylic acid groups (broad SMARTS) is 1. The van der Waals surface area contributed by atoms with Crippen LogP contribution in [0.1, 0.15) is 17.3 Å². The lowest BCUT2D eigenvalue weighted by molar-refractivity contribution is 0.0697. The van der Waals surface area contributed by atoms with Gasteiger partial charge in [0.05, 0.1) is 11.1 Å². The van der Waals surface area contributed by atoms with Crippen molar-refractivity contribution in [2.24, 2.45) is 0 Å². The summed E-state index contributed by atoms with van der Waals surface area (Å²) in [6.45, 7) is 2.25. The minimum absolute atomic E-state index is 0.144. The van der Waals surface area contributed by atoms with Crippen molar-refractivity contribution < 1.29 is 14.3 Å². The van der Waals surface area contributed by atoms with Crippen molar-refractivity contribution in [1.82, 2.24) is 4.57 Å². The van der Waals surface area contributed by atoms with Crippen LogP contribution in [0.5, 0.6) is 0 Å². The summed E-state index contributed by atoms with van der Waals surface area (Å²) < 4.78 is 6.33. The van der Waals surface area contributed by atoms with E-state index in [1.54, 1.807) is 6.92 Å². The average Bonchev–Trinajstić information content (AvgIpc) is 2.51. The molecule has 0 atom stereocenters. The van der Waals surface area contributed by atoms with E-state index >= 15 is 0 Å². The van der Waals surface area contributed by atoms with Gasteiger partial charge >= 0.3 is 11.7 Å². The van der Waals surface area contributed by atoms with Gasteiger partial charge in [0.15, 0.2) is 5.58 Å². The molecule has 2 rings (SSSR count). The highest BCUT2D eigenvalue weighted by Gasteiger charge is 2.10. The molecule has 0 unspecified atom stereocenters. The lowest BCUT2D eigenvalue weighted by Crippen LogP contribution is -2.12. The van der Waals surface area contributed by atoms with E-state index in [4.69, 9.17) is 9.52 Å². The standard InChI is InChI=1S/C10H9NO4/c1-2-11-7-5-6(9(12)13)3-4-8(7)15-10(11)14/h3-5H,2H2,1H3,(H,12,13). The van der Waals surface area contributed by atoms with Crippen LogP contribution in [0.4, 0.5) is 0 Å². The maximum atomic E-state index is 11.3. The molecule has 0 amide bonds. The van der Waals surface area contributed by atoms with E-state index in [1.165, 1.54) is 22.8 Å². The summed E-state index contributed by atoms with van der Waals surface area (Å²) in [4.78, 5) is 22.0. The van der Waals surface area contributed by atoms with Gasteiger partial charge in [-0.3, -0.25) is 4.57 Å². The van der Waals surface area contributed by atoms with Gasteiger partial charge < -0.3 is 9.52 Å². The summed E-state index contributed by atoms with van der Waals surface area (Å²) >= 11 is 0. The summed E-state index contributed by atoms with van der Waals surface area (Å²) in [5.41, 5.74) is 1.07. The van der Waals surface area contributed by atoms with Crippen LogP contribution in [-0.2, 0) is 6.54 Å². The summed E-state index contributed by atoms with van der Waals surface area (Å²) in [6, 6.07) is 4.34. The highest BCUT2D eigenvalue weighted by Crippen LogP contribution is 2.14. The van der Waals surface area contributed by atoms with Crippen LogP contribution < -0.4 is 5.76 Å². The Bertz CT molecular complexity index is 579. The Kier molecular flexibility index (Phi) is 2.07. The fourth-order valence-electron chi connectivity index (χ4n) is 1.49. The molecule has 0 fully saturated rings. The lowest BCUT2D eigenvalue weighted by Gasteiger charge is -1.97. The normalized spacial score (nSPS) is 10.7. The predicted molar refractivity (Wildman–Crippen MR) is 53.1 cm³/mol. The molecule has 5 heteroatoms. The number of aromatic carboxylic acids is 1. The Labute approximate surface area is 84.5 Å². The Morgan fingerprint density at radius 2 is 2.27 bits per heavy atom. The first-order valence-corrected chi connectivity index (χ1v) is 4.50. The number of benzene rings is 1. The number of hydrogen-bond donors (Lipinski definition) is 1. The SMILES string of the molecule is CCn1c(=O)oc2ccc(C(=O)O)cc21. The van der Waals surface area contributed by atoms with Crippen molar-refractivity contribution >= 4 is 17.1 Å².